The highest BCUT2D eigenvalue weighted by molar-refractivity contribution is 5.93. The van der Waals surface area contributed by atoms with E-state index in [-0.39, 0.29) is 24.8 Å². The molecule has 0 bridgehead atoms. The van der Waals surface area contributed by atoms with Crippen LogP contribution in [-0.4, -0.2) is 104 Å². The van der Waals surface area contributed by atoms with Crippen LogP contribution in [0.2, 0.25) is 0 Å². The molecule has 0 saturated carbocycles. The number of urea groups is 1. The minimum Gasteiger partial charge on any atom is -0.459 e. The number of nitrogens with zero attached hydrogens (tertiary/aromatic N) is 1. The molecule has 3 rings (SSSR count). The van der Waals surface area contributed by atoms with Crippen LogP contribution in [0, 0.1) is 17.8 Å². The van der Waals surface area contributed by atoms with Crippen LogP contribution in [0.1, 0.15) is 67.7 Å². The molecule has 7 N–H and O–H groups in total. The van der Waals surface area contributed by atoms with Crippen molar-refractivity contribution in [3.8, 4) is 0 Å². The molecule has 1 heterocycles. The van der Waals surface area contributed by atoms with Crippen molar-refractivity contribution in [2.75, 3.05) is 25.0 Å². The number of rotatable bonds is 6. The monoisotopic (exact) mass is 645 g/mol. The van der Waals surface area contributed by atoms with E-state index in [1.54, 1.807) is 20.8 Å². The van der Waals surface area contributed by atoms with Crippen LogP contribution < -0.4 is 10.6 Å². The number of hydrogen-bond donors (Lipinski definition) is 7. The van der Waals surface area contributed by atoms with E-state index in [4.69, 9.17) is 4.74 Å². The van der Waals surface area contributed by atoms with Gasteiger partial charge in [0, 0.05) is 37.3 Å². The molecule has 1 saturated heterocycles. The topological polar surface area (TPSA) is 172 Å². The smallest absolute Gasteiger partial charge is 0.319 e. The molecule has 258 valence electrons. The van der Waals surface area contributed by atoms with Gasteiger partial charge < -0.3 is 40.9 Å². The summed E-state index contributed by atoms with van der Waals surface area (Å²) in [6.07, 6.45) is -4.16. The number of cyclic esters (lactones) is 1. The van der Waals surface area contributed by atoms with E-state index in [0.29, 0.717) is 31.7 Å². The number of nitrogens with one attached hydrogen (secondary N) is 2. The van der Waals surface area contributed by atoms with Gasteiger partial charge in [-0.3, -0.25) is 9.69 Å². The van der Waals surface area contributed by atoms with E-state index in [1.807, 2.05) is 54.3 Å². The first-order valence-electron chi connectivity index (χ1n) is 16.5. The maximum atomic E-state index is 13.1. The zero-order valence-electron chi connectivity index (χ0n) is 28.3. The third-order valence-electron chi connectivity index (χ3n) is 9.69. The van der Waals surface area contributed by atoms with E-state index >= 15 is 0 Å². The SMILES string of the molecule is CC[C@H]1OC(=O)[C@H](C)[C@@H](O)[C@H](C)[C@@H](O)[C@](C)(O)C[C@@H](C)CN(CCCNC(=O)Nc2ccc3ccccc3c2)[C@H](C)[C@@H](O)[C@]1(C)O. The first kappa shape index (κ1) is 37.7. The van der Waals surface area contributed by atoms with Crippen LogP contribution in [0.4, 0.5) is 10.5 Å². The Balaban J connectivity index is 1.76. The van der Waals surface area contributed by atoms with Gasteiger partial charge in [-0.25, -0.2) is 4.79 Å². The number of esters is 1. The van der Waals surface area contributed by atoms with Gasteiger partial charge in [0.1, 0.15) is 17.8 Å². The molecule has 0 radical (unpaired) electrons. The Kier molecular flexibility index (Phi) is 13.0. The fourth-order valence-electron chi connectivity index (χ4n) is 6.77. The lowest BCUT2D eigenvalue weighted by Crippen LogP contribution is -2.59. The van der Waals surface area contributed by atoms with E-state index in [1.165, 1.54) is 20.8 Å². The lowest BCUT2D eigenvalue weighted by molar-refractivity contribution is -0.193. The minimum absolute atomic E-state index is 0.170. The van der Waals surface area contributed by atoms with Crippen LogP contribution in [0.15, 0.2) is 42.5 Å². The van der Waals surface area contributed by atoms with Gasteiger partial charge in [0.2, 0.25) is 0 Å². The van der Waals surface area contributed by atoms with Crippen molar-refractivity contribution in [2.45, 2.75) is 109 Å². The third kappa shape index (κ3) is 9.17. The molecule has 10 atom stereocenters. The fourth-order valence-corrected chi connectivity index (χ4v) is 6.77. The summed E-state index contributed by atoms with van der Waals surface area (Å²) in [5.74, 6) is -2.86. The predicted octanol–water partition coefficient (Wildman–Crippen LogP) is 3.26. The fraction of sp³-hybridized carbons (Fsp3) is 0.657. The molecule has 0 spiro atoms. The number of fused-ring (bicyclic) bond motifs is 1. The van der Waals surface area contributed by atoms with Crippen molar-refractivity contribution in [3.63, 3.8) is 0 Å². The Labute approximate surface area is 272 Å². The normalized spacial score (nSPS) is 35.5. The van der Waals surface area contributed by atoms with E-state index in [9.17, 15) is 35.1 Å². The van der Waals surface area contributed by atoms with Gasteiger partial charge in [0.15, 0.2) is 0 Å². The number of amides is 2. The molecule has 2 aromatic carbocycles. The van der Waals surface area contributed by atoms with Crippen molar-refractivity contribution in [1.29, 1.82) is 0 Å². The molecule has 0 aromatic heterocycles. The van der Waals surface area contributed by atoms with Gasteiger partial charge in [-0.15, -0.1) is 0 Å². The van der Waals surface area contributed by atoms with Crippen molar-refractivity contribution >= 4 is 28.5 Å². The number of aliphatic hydroxyl groups excluding tert-OH is 3. The molecular weight excluding hydrogens is 590 g/mol. The Morgan fingerprint density at radius 1 is 1.00 bits per heavy atom. The summed E-state index contributed by atoms with van der Waals surface area (Å²) in [5.41, 5.74) is -2.74. The highest BCUT2D eigenvalue weighted by Gasteiger charge is 2.47. The first-order chi connectivity index (χ1) is 21.5. The molecule has 1 aliphatic heterocycles. The van der Waals surface area contributed by atoms with Crippen LogP contribution >= 0.6 is 0 Å². The summed E-state index contributed by atoms with van der Waals surface area (Å²) in [4.78, 5) is 27.7. The first-order valence-corrected chi connectivity index (χ1v) is 16.5. The van der Waals surface area contributed by atoms with Gasteiger partial charge in [-0.1, -0.05) is 51.1 Å². The lowest BCUT2D eigenvalue weighted by Gasteiger charge is -2.43. The molecule has 11 heteroatoms. The van der Waals surface area contributed by atoms with Gasteiger partial charge >= 0.3 is 12.0 Å². The Morgan fingerprint density at radius 3 is 2.30 bits per heavy atom. The number of benzene rings is 2. The minimum atomic E-state index is -1.83. The number of carbonyl (C=O) groups is 2. The second-order valence-electron chi connectivity index (χ2n) is 13.8. The second-order valence-corrected chi connectivity index (χ2v) is 13.8. The van der Waals surface area contributed by atoms with Crippen LogP contribution in [0.5, 0.6) is 0 Å². The Morgan fingerprint density at radius 2 is 1.65 bits per heavy atom. The maximum absolute atomic E-state index is 13.1. The number of ether oxygens (including phenoxy) is 1. The van der Waals surface area contributed by atoms with Crippen LogP contribution in [-0.2, 0) is 9.53 Å². The van der Waals surface area contributed by atoms with Crippen molar-refractivity contribution in [2.24, 2.45) is 17.8 Å². The zero-order valence-corrected chi connectivity index (χ0v) is 28.3. The third-order valence-corrected chi connectivity index (χ3v) is 9.69. The highest BCUT2D eigenvalue weighted by Crippen LogP contribution is 2.32. The molecule has 0 aliphatic carbocycles. The molecule has 46 heavy (non-hydrogen) atoms. The summed E-state index contributed by atoms with van der Waals surface area (Å²) in [6, 6.07) is 12.6. The van der Waals surface area contributed by atoms with Gasteiger partial charge in [0.25, 0.3) is 0 Å². The Hall–Kier alpha value is -2.80. The summed E-state index contributed by atoms with van der Waals surface area (Å²) in [5, 5.41) is 64.2. The van der Waals surface area contributed by atoms with Gasteiger partial charge in [-0.2, -0.15) is 0 Å². The molecular formula is C35H55N3O8. The molecule has 1 aliphatic rings. The summed E-state index contributed by atoms with van der Waals surface area (Å²) < 4.78 is 5.66. The average Bonchev–Trinajstić information content (AvgIpc) is 3.01. The zero-order chi connectivity index (χ0) is 34.4. The molecule has 2 amide bonds. The predicted molar refractivity (Wildman–Crippen MR) is 178 cm³/mol. The highest BCUT2D eigenvalue weighted by atomic mass is 16.6. The summed E-state index contributed by atoms with van der Waals surface area (Å²) >= 11 is 0. The van der Waals surface area contributed by atoms with E-state index in [2.05, 4.69) is 10.6 Å². The number of anilines is 1. The Bertz CT molecular complexity index is 1300. The molecule has 11 nitrogen and oxygen atoms in total. The molecule has 2 aromatic rings. The van der Waals surface area contributed by atoms with Crippen LogP contribution in [0.3, 0.4) is 0 Å². The van der Waals surface area contributed by atoms with E-state index < -0.39 is 59.5 Å². The van der Waals surface area contributed by atoms with Gasteiger partial charge in [-0.05, 0) is 75.8 Å². The van der Waals surface area contributed by atoms with Crippen molar-refractivity contribution in [1.82, 2.24) is 10.2 Å². The van der Waals surface area contributed by atoms with Crippen molar-refractivity contribution in [3.05, 3.63) is 42.5 Å². The number of carbonyl (C=O) groups excluding carboxylic acids is 2. The maximum Gasteiger partial charge on any atom is 0.319 e. The largest absolute Gasteiger partial charge is 0.459 e. The standard InChI is InChI=1S/C35H55N3O8/c1-8-28-35(7,45)31(41)24(5)38(17-11-16-36-33(43)37-27-15-14-25-12-9-10-13-26(25)18-27)20-21(2)19-34(6,44)30(40)22(3)29(39)23(4)32(42)46-28/h9-10,12-15,18,21-24,28-31,39-41,44-45H,8,11,16-17,19-20H2,1-7H3,(H2,36,37,43)/t21-,22+,23-,24-,28-,29+,30-,31-,34-,35-/m1/s1. The number of hydrogen-bond acceptors (Lipinski definition) is 9. The van der Waals surface area contributed by atoms with Gasteiger partial charge in [0.05, 0.1) is 23.7 Å². The summed E-state index contributed by atoms with van der Waals surface area (Å²) in [6.45, 7) is 12.6. The van der Waals surface area contributed by atoms with E-state index in [0.717, 1.165) is 10.8 Å². The second kappa shape index (κ2) is 15.9. The van der Waals surface area contributed by atoms with Crippen molar-refractivity contribution < 1.29 is 39.9 Å². The molecule has 0 unspecified atom stereocenters. The molecule has 1 fully saturated rings. The number of aliphatic hydroxyl groups is 5. The lowest BCUT2D eigenvalue weighted by atomic mass is 9.78. The van der Waals surface area contributed by atoms with Crippen LogP contribution in [0.25, 0.3) is 10.8 Å². The average molecular weight is 646 g/mol. The quantitative estimate of drug-likeness (QED) is 0.184. The summed E-state index contributed by atoms with van der Waals surface area (Å²) in [7, 11) is 0.